The van der Waals surface area contributed by atoms with E-state index < -0.39 is 0 Å². The summed E-state index contributed by atoms with van der Waals surface area (Å²) in [7, 11) is 0. The number of halogens is 1. The molecule has 152 valence electrons. The van der Waals surface area contributed by atoms with Gasteiger partial charge in [-0.15, -0.1) is 0 Å². The van der Waals surface area contributed by atoms with Gasteiger partial charge in [-0.25, -0.2) is 19.9 Å². The Hall–Kier alpha value is -2.87. The van der Waals surface area contributed by atoms with Crippen LogP contribution < -0.4 is 5.32 Å². The molecule has 0 spiro atoms. The van der Waals surface area contributed by atoms with E-state index in [1.165, 1.54) is 0 Å². The van der Waals surface area contributed by atoms with Gasteiger partial charge < -0.3 is 10.2 Å². The van der Waals surface area contributed by atoms with Crippen molar-refractivity contribution in [3.05, 3.63) is 64.7 Å². The Morgan fingerprint density at radius 3 is 2.63 bits per heavy atom. The lowest BCUT2D eigenvalue weighted by atomic mass is 9.96. The van der Waals surface area contributed by atoms with Crippen LogP contribution in [0.25, 0.3) is 11.4 Å². The summed E-state index contributed by atoms with van der Waals surface area (Å²) in [6.45, 7) is 2.00. The van der Waals surface area contributed by atoms with E-state index in [0.717, 1.165) is 34.9 Å². The molecular weight excluding hydrogens is 444 g/mol. The van der Waals surface area contributed by atoms with Crippen molar-refractivity contribution >= 4 is 27.8 Å². The fourth-order valence-electron chi connectivity index (χ4n) is 4.72. The number of rotatable bonds is 4. The highest BCUT2D eigenvalue weighted by atomic mass is 79.9. The van der Waals surface area contributed by atoms with E-state index in [9.17, 15) is 4.79 Å². The van der Waals surface area contributed by atoms with E-state index in [2.05, 4.69) is 46.1 Å². The molecule has 1 aromatic carbocycles. The van der Waals surface area contributed by atoms with Gasteiger partial charge >= 0.3 is 0 Å². The van der Waals surface area contributed by atoms with Crippen LogP contribution in [0.15, 0.2) is 53.5 Å². The van der Waals surface area contributed by atoms with E-state index in [1.807, 2.05) is 25.1 Å². The second-order valence-corrected chi connectivity index (χ2v) is 8.71. The molecule has 1 amide bonds. The predicted molar refractivity (Wildman–Crippen MR) is 117 cm³/mol. The van der Waals surface area contributed by atoms with Crippen LogP contribution in [0, 0.1) is 6.92 Å². The highest BCUT2D eigenvalue weighted by Crippen LogP contribution is 2.41. The molecule has 2 bridgehead atoms. The maximum atomic E-state index is 13.7. The molecular formula is C22H21BrN6O. The zero-order chi connectivity index (χ0) is 20.7. The largest absolute Gasteiger partial charge is 0.349 e. The van der Waals surface area contributed by atoms with E-state index in [4.69, 9.17) is 0 Å². The molecule has 5 rings (SSSR count). The monoisotopic (exact) mass is 464 g/mol. The van der Waals surface area contributed by atoms with Crippen LogP contribution in [0.5, 0.6) is 0 Å². The Morgan fingerprint density at radius 2 is 1.87 bits per heavy atom. The number of amides is 1. The topological polar surface area (TPSA) is 83.9 Å². The number of benzene rings is 1. The standard InChI is InChI=1S/C22H21BrN6O/c1-13-4-2-5-16(19(13)20-24-8-3-9-25-20)21(30)29-15-6-7-18(29)17(10-15)28-22-26-11-14(23)12-27-22/h2-5,8-9,11-12,15,17-18H,6-7,10H2,1H3,(H,26,27,28)/t15-,17-,18+/m1/s1. The number of anilines is 1. The van der Waals surface area contributed by atoms with Gasteiger partial charge in [0.2, 0.25) is 5.95 Å². The maximum absolute atomic E-state index is 13.7. The zero-order valence-electron chi connectivity index (χ0n) is 16.5. The Bertz CT molecular complexity index is 1070. The number of hydrogen-bond donors (Lipinski definition) is 1. The van der Waals surface area contributed by atoms with Gasteiger partial charge in [-0.05, 0) is 59.8 Å². The minimum atomic E-state index is 0.0506. The lowest BCUT2D eigenvalue weighted by Gasteiger charge is -2.26. The first-order valence-electron chi connectivity index (χ1n) is 10.1. The third-order valence-corrected chi connectivity index (χ3v) is 6.41. The summed E-state index contributed by atoms with van der Waals surface area (Å²) in [5, 5.41) is 3.43. The molecule has 0 unspecified atom stereocenters. The molecule has 2 aromatic heterocycles. The third-order valence-electron chi connectivity index (χ3n) is 6.00. The molecule has 0 saturated carbocycles. The summed E-state index contributed by atoms with van der Waals surface area (Å²) < 4.78 is 0.841. The van der Waals surface area contributed by atoms with Crippen LogP contribution in [0.4, 0.5) is 5.95 Å². The minimum absolute atomic E-state index is 0.0506. The van der Waals surface area contributed by atoms with E-state index in [-0.39, 0.29) is 24.0 Å². The summed E-state index contributed by atoms with van der Waals surface area (Å²) >= 11 is 3.36. The van der Waals surface area contributed by atoms with Crippen LogP contribution in [-0.4, -0.2) is 48.9 Å². The number of fused-ring (bicyclic) bond motifs is 2. The Balaban J connectivity index is 1.44. The average molecular weight is 465 g/mol. The van der Waals surface area contributed by atoms with Crippen LogP contribution in [0.1, 0.15) is 35.2 Å². The molecule has 0 aliphatic carbocycles. The maximum Gasteiger partial charge on any atom is 0.255 e. The normalized spacial score (nSPS) is 22.3. The molecule has 3 aromatic rings. The minimum Gasteiger partial charge on any atom is -0.349 e. The van der Waals surface area contributed by atoms with Crippen LogP contribution in [0.3, 0.4) is 0 Å². The lowest BCUT2D eigenvalue weighted by molar-refractivity contribution is 0.0728. The molecule has 7 nitrogen and oxygen atoms in total. The number of hydrogen-bond acceptors (Lipinski definition) is 6. The number of carbonyl (C=O) groups excluding carboxylic acids is 1. The van der Waals surface area contributed by atoms with Crippen molar-refractivity contribution in [2.24, 2.45) is 0 Å². The first kappa shape index (κ1) is 19.1. The predicted octanol–water partition coefficient (Wildman–Crippen LogP) is 3.86. The van der Waals surface area contributed by atoms with Gasteiger partial charge in [-0.2, -0.15) is 0 Å². The van der Waals surface area contributed by atoms with Crippen molar-refractivity contribution in [2.45, 2.75) is 44.3 Å². The van der Waals surface area contributed by atoms with Crippen molar-refractivity contribution in [1.29, 1.82) is 0 Å². The fraction of sp³-hybridized carbons (Fsp3) is 0.318. The van der Waals surface area contributed by atoms with Crippen molar-refractivity contribution in [2.75, 3.05) is 5.32 Å². The van der Waals surface area contributed by atoms with Gasteiger partial charge in [0.05, 0.1) is 22.1 Å². The van der Waals surface area contributed by atoms with Gasteiger partial charge in [0.1, 0.15) is 0 Å². The first-order valence-corrected chi connectivity index (χ1v) is 10.8. The van der Waals surface area contributed by atoms with Crippen LogP contribution >= 0.6 is 15.9 Å². The Kier molecular flexibility index (Phi) is 4.94. The summed E-state index contributed by atoms with van der Waals surface area (Å²) in [5.74, 6) is 1.23. The molecule has 2 fully saturated rings. The highest BCUT2D eigenvalue weighted by molar-refractivity contribution is 9.10. The number of aromatic nitrogens is 4. The van der Waals surface area contributed by atoms with Crippen molar-refractivity contribution in [3.63, 3.8) is 0 Å². The molecule has 4 heterocycles. The summed E-state index contributed by atoms with van der Waals surface area (Å²) in [4.78, 5) is 33.2. The van der Waals surface area contributed by atoms with Gasteiger partial charge in [0, 0.05) is 36.4 Å². The van der Waals surface area contributed by atoms with Crippen LogP contribution in [-0.2, 0) is 0 Å². The lowest BCUT2D eigenvalue weighted by Crippen LogP contribution is -2.40. The molecule has 2 aliphatic rings. The van der Waals surface area contributed by atoms with Gasteiger partial charge in [0.15, 0.2) is 5.82 Å². The fourth-order valence-corrected chi connectivity index (χ4v) is 4.93. The molecule has 2 saturated heterocycles. The second-order valence-electron chi connectivity index (χ2n) is 7.79. The Labute approximate surface area is 183 Å². The summed E-state index contributed by atoms with van der Waals surface area (Å²) in [6.07, 6.45) is 9.78. The molecule has 2 aliphatic heterocycles. The SMILES string of the molecule is Cc1cccc(C(=O)N2[C@@H]3CC[C@H]2[C@H](Nc2ncc(Br)cn2)C3)c1-c1ncccn1. The van der Waals surface area contributed by atoms with Crippen molar-refractivity contribution < 1.29 is 4.79 Å². The van der Waals surface area contributed by atoms with E-state index >= 15 is 0 Å². The number of carbonyl (C=O) groups is 1. The number of nitrogens with zero attached hydrogens (tertiary/aromatic N) is 5. The first-order chi connectivity index (χ1) is 14.6. The second kappa shape index (κ2) is 7.75. The van der Waals surface area contributed by atoms with E-state index in [0.29, 0.717) is 17.3 Å². The number of aryl methyl sites for hydroxylation is 1. The van der Waals surface area contributed by atoms with Gasteiger partial charge in [-0.3, -0.25) is 4.79 Å². The van der Waals surface area contributed by atoms with Crippen molar-refractivity contribution in [3.8, 4) is 11.4 Å². The van der Waals surface area contributed by atoms with Crippen LogP contribution in [0.2, 0.25) is 0 Å². The van der Waals surface area contributed by atoms with Gasteiger partial charge in [0.25, 0.3) is 5.91 Å². The summed E-state index contributed by atoms with van der Waals surface area (Å²) in [6, 6.07) is 8.09. The van der Waals surface area contributed by atoms with Gasteiger partial charge in [-0.1, -0.05) is 12.1 Å². The summed E-state index contributed by atoms with van der Waals surface area (Å²) in [5.41, 5.74) is 2.48. The smallest absolute Gasteiger partial charge is 0.255 e. The molecule has 8 heteroatoms. The Morgan fingerprint density at radius 1 is 1.10 bits per heavy atom. The average Bonchev–Trinajstić information content (AvgIpc) is 3.33. The van der Waals surface area contributed by atoms with Crippen molar-refractivity contribution in [1.82, 2.24) is 24.8 Å². The molecule has 3 atom stereocenters. The quantitative estimate of drug-likeness (QED) is 0.630. The zero-order valence-corrected chi connectivity index (χ0v) is 18.1. The molecule has 1 N–H and O–H groups in total. The molecule has 0 radical (unpaired) electrons. The van der Waals surface area contributed by atoms with E-state index in [1.54, 1.807) is 30.9 Å². The molecule has 30 heavy (non-hydrogen) atoms. The third kappa shape index (κ3) is 3.35. The highest BCUT2D eigenvalue weighted by Gasteiger charge is 2.49. The number of nitrogens with one attached hydrogen (secondary N) is 1.